The van der Waals surface area contributed by atoms with Gasteiger partial charge in [0.05, 0.1) is 11.8 Å². The second kappa shape index (κ2) is 6.07. The minimum atomic E-state index is -0.0723. The molecule has 124 valence electrons. The number of nitrogens with one attached hydrogen (secondary N) is 1. The van der Waals surface area contributed by atoms with Gasteiger partial charge in [0.2, 0.25) is 0 Å². The third-order valence-electron chi connectivity index (χ3n) is 5.00. The molecule has 2 aliphatic heterocycles. The van der Waals surface area contributed by atoms with E-state index in [4.69, 9.17) is 0 Å². The minimum Gasteiger partial charge on any atom is -0.367 e. The Labute approximate surface area is 139 Å². The molecule has 0 radical (unpaired) electrons. The molecule has 0 unspecified atom stereocenters. The van der Waals surface area contributed by atoms with Gasteiger partial charge in [0.25, 0.3) is 11.8 Å². The maximum atomic E-state index is 12.5. The van der Waals surface area contributed by atoms with Crippen molar-refractivity contribution in [3.05, 3.63) is 48.3 Å². The second-order valence-electron chi connectivity index (χ2n) is 6.46. The van der Waals surface area contributed by atoms with Crippen LogP contribution in [0, 0.1) is 11.8 Å². The van der Waals surface area contributed by atoms with Crippen molar-refractivity contribution in [2.24, 2.45) is 11.8 Å². The van der Waals surface area contributed by atoms with Gasteiger partial charge < -0.3 is 14.8 Å². The van der Waals surface area contributed by atoms with Gasteiger partial charge in [-0.15, -0.1) is 0 Å². The average molecular weight is 325 g/mol. The Bertz CT molecular complexity index is 731. The number of carbonyl (C=O) groups is 2. The largest absolute Gasteiger partial charge is 0.367 e. The van der Waals surface area contributed by atoms with Crippen molar-refractivity contribution in [1.82, 2.24) is 24.8 Å². The third-order valence-corrected chi connectivity index (χ3v) is 5.00. The quantitative estimate of drug-likeness (QED) is 0.894. The SMILES string of the molecule is O=C(c1cc[nH]c1)N1C[C@H]2CCN(C(=O)c3cnccn3)C[C@@H]2C1. The molecule has 4 heterocycles. The summed E-state index contributed by atoms with van der Waals surface area (Å²) < 4.78 is 0. The average Bonchev–Trinajstić information content (AvgIpc) is 3.30. The Balaban J connectivity index is 1.43. The maximum Gasteiger partial charge on any atom is 0.274 e. The number of aromatic amines is 1. The summed E-state index contributed by atoms with van der Waals surface area (Å²) in [4.78, 5) is 39.8. The van der Waals surface area contributed by atoms with Crippen LogP contribution in [0.5, 0.6) is 0 Å². The van der Waals surface area contributed by atoms with Crippen molar-refractivity contribution in [2.75, 3.05) is 26.2 Å². The fourth-order valence-corrected chi connectivity index (χ4v) is 3.73. The van der Waals surface area contributed by atoms with Crippen molar-refractivity contribution < 1.29 is 9.59 Å². The highest BCUT2D eigenvalue weighted by Gasteiger charge is 2.40. The number of rotatable bonds is 2. The monoisotopic (exact) mass is 325 g/mol. The van der Waals surface area contributed by atoms with Crippen LogP contribution in [0.3, 0.4) is 0 Å². The smallest absolute Gasteiger partial charge is 0.274 e. The van der Waals surface area contributed by atoms with Gasteiger partial charge in [0.15, 0.2) is 0 Å². The van der Waals surface area contributed by atoms with E-state index in [0.29, 0.717) is 42.7 Å². The molecule has 2 fully saturated rings. The van der Waals surface area contributed by atoms with Crippen LogP contribution < -0.4 is 0 Å². The summed E-state index contributed by atoms with van der Waals surface area (Å²) in [5.41, 5.74) is 1.08. The molecule has 1 N–H and O–H groups in total. The number of nitrogens with zero attached hydrogens (tertiary/aromatic N) is 4. The van der Waals surface area contributed by atoms with Crippen molar-refractivity contribution in [2.45, 2.75) is 6.42 Å². The third kappa shape index (κ3) is 2.66. The van der Waals surface area contributed by atoms with Gasteiger partial charge in [0.1, 0.15) is 5.69 Å². The van der Waals surface area contributed by atoms with Crippen molar-refractivity contribution in [3.8, 4) is 0 Å². The Morgan fingerprint density at radius 2 is 1.92 bits per heavy atom. The molecule has 2 atom stereocenters. The van der Waals surface area contributed by atoms with Crippen molar-refractivity contribution in [3.63, 3.8) is 0 Å². The lowest BCUT2D eigenvalue weighted by molar-refractivity contribution is 0.0635. The van der Waals surface area contributed by atoms with Gasteiger partial charge in [-0.1, -0.05) is 0 Å². The van der Waals surface area contributed by atoms with Crippen LogP contribution in [0.15, 0.2) is 37.1 Å². The summed E-state index contributed by atoms with van der Waals surface area (Å²) in [6, 6.07) is 1.80. The van der Waals surface area contributed by atoms with Gasteiger partial charge in [-0.25, -0.2) is 4.98 Å². The molecular weight excluding hydrogens is 306 g/mol. The molecule has 0 spiro atoms. The molecule has 7 heteroatoms. The van der Waals surface area contributed by atoms with E-state index >= 15 is 0 Å². The Kier molecular flexibility index (Phi) is 3.76. The van der Waals surface area contributed by atoms with E-state index in [0.717, 1.165) is 13.0 Å². The summed E-state index contributed by atoms with van der Waals surface area (Å²) in [5, 5.41) is 0. The lowest BCUT2D eigenvalue weighted by Crippen LogP contribution is -2.43. The number of likely N-dealkylation sites (tertiary alicyclic amines) is 2. The molecule has 0 saturated carbocycles. The topological polar surface area (TPSA) is 82.2 Å². The fourth-order valence-electron chi connectivity index (χ4n) is 3.73. The van der Waals surface area contributed by atoms with Crippen LogP contribution >= 0.6 is 0 Å². The van der Waals surface area contributed by atoms with E-state index in [1.807, 2.05) is 9.80 Å². The first-order valence-corrected chi connectivity index (χ1v) is 8.19. The number of hydrogen-bond donors (Lipinski definition) is 1. The van der Waals surface area contributed by atoms with E-state index in [-0.39, 0.29) is 11.8 Å². The number of amides is 2. The number of carbonyl (C=O) groups excluding carboxylic acids is 2. The van der Waals surface area contributed by atoms with Gasteiger partial charge in [0, 0.05) is 51.0 Å². The first-order valence-electron chi connectivity index (χ1n) is 8.19. The van der Waals surface area contributed by atoms with Crippen LogP contribution in [0.25, 0.3) is 0 Å². The van der Waals surface area contributed by atoms with Crippen LogP contribution in [0.2, 0.25) is 0 Å². The normalized spacial score (nSPS) is 23.2. The van der Waals surface area contributed by atoms with Gasteiger partial charge in [-0.05, 0) is 24.3 Å². The molecule has 2 saturated heterocycles. The molecule has 24 heavy (non-hydrogen) atoms. The summed E-state index contributed by atoms with van der Waals surface area (Å²) in [6.07, 6.45) is 9.02. The van der Waals surface area contributed by atoms with Crippen LogP contribution in [-0.2, 0) is 0 Å². The standard InChI is InChI=1S/C17H19N5O2/c23-16(12-1-3-18-7-12)22-9-13-2-6-21(10-14(13)11-22)17(24)15-8-19-4-5-20-15/h1,3-5,7-8,13-14,18H,2,6,9-11H2/t13-,14-/m1/s1. The number of piperidine rings is 1. The lowest BCUT2D eigenvalue weighted by atomic mass is 9.88. The van der Waals surface area contributed by atoms with E-state index in [2.05, 4.69) is 15.0 Å². The summed E-state index contributed by atoms with van der Waals surface area (Å²) in [6.45, 7) is 2.88. The summed E-state index contributed by atoms with van der Waals surface area (Å²) in [7, 11) is 0. The first-order chi connectivity index (χ1) is 11.7. The molecule has 2 aromatic heterocycles. The Morgan fingerprint density at radius 3 is 2.67 bits per heavy atom. The van der Waals surface area contributed by atoms with Crippen LogP contribution in [0.1, 0.15) is 27.3 Å². The zero-order valence-corrected chi connectivity index (χ0v) is 13.3. The molecule has 2 aliphatic rings. The number of H-pyrrole nitrogens is 1. The van der Waals surface area contributed by atoms with Gasteiger partial charge in [-0.3, -0.25) is 14.6 Å². The van der Waals surface area contributed by atoms with E-state index < -0.39 is 0 Å². The number of aromatic nitrogens is 3. The molecule has 0 bridgehead atoms. The highest BCUT2D eigenvalue weighted by molar-refractivity contribution is 5.94. The minimum absolute atomic E-state index is 0.0671. The molecule has 7 nitrogen and oxygen atoms in total. The number of hydrogen-bond acceptors (Lipinski definition) is 4. The zero-order chi connectivity index (χ0) is 16.5. The van der Waals surface area contributed by atoms with Crippen molar-refractivity contribution in [1.29, 1.82) is 0 Å². The Hall–Kier alpha value is -2.70. The molecule has 2 amide bonds. The highest BCUT2D eigenvalue weighted by Crippen LogP contribution is 2.32. The van der Waals surface area contributed by atoms with E-state index in [9.17, 15) is 9.59 Å². The molecule has 4 rings (SSSR count). The van der Waals surface area contributed by atoms with E-state index in [1.54, 1.807) is 24.7 Å². The maximum absolute atomic E-state index is 12.5. The van der Waals surface area contributed by atoms with Gasteiger partial charge >= 0.3 is 0 Å². The molecule has 2 aromatic rings. The predicted molar refractivity (Wildman–Crippen MR) is 86.2 cm³/mol. The summed E-state index contributed by atoms with van der Waals surface area (Å²) in [5.74, 6) is 0.801. The van der Waals surface area contributed by atoms with Gasteiger partial charge in [-0.2, -0.15) is 0 Å². The first kappa shape index (κ1) is 14.9. The van der Waals surface area contributed by atoms with Crippen LogP contribution in [0.4, 0.5) is 0 Å². The summed E-state index contributed by atoms with van der Waals surface area (Å²) >= 11 is 0. The highest BCUT2D eigenvalue weighted by atomic mass is 16.2. The lowest BCUT2D eigenvalue weighted by Gasteiger charge is -2.33. The van der Waals surface area contributed by atoms with E-state index in [1.165, 1.54) is 12.4 Å². The number of fused-ring (bicyclic) bond motifs is 1. The second-order valence-corrected chi connectivity index (χ2v) is 6.46. The molecule has 0 aromatic carbocycles. The predicted octanol–water partition coefficient (Wildman–Crippen LogP) is 1.04. The Morgan fingerprint density at radius 1 is 1.08 bits per heavy atom. The fraction of sp³-hybridized carbons (Fsp3) is 0.412. The molecular formula is C17H19N5O2. The van der Waals surface area contributed by atoms with Crippen molar-refractivity contribution >= 4 is 11.8 Å². The zero-order valence-electron chi connectivity index (χ0n) is 13.3. The van der Waals surface area contributed by atoms with Crippen LogP contribution in [-0.4, -0.2) is 62.7 Å². The molecule has 0 aliphatic carbocycles.